The molecule has 0 spiro atoms. The first-order chi connectivity index (χ1) is 14.2. The lowest BCUT2D eigenvalue weighted by Crippen LogP contribution is -2.38. The summed E-state index contributed by atoms with van der Waals surface area (Å²) < 4.78 is 10.7. The molecule has 1 N–H and O–H groups in total. The fraction of sp³-hybridized carbons (Fsp3) is 0.435. The van der Waals surface area contributed by atoms with Crippen LogP contribution in [0.15, 0.2) is 47.4 Å². The summed E-state index contributed by atoms with van der Waals surface area (Å²) in [6.07, 6.45) is 4.31. The normalized spacial score (nSPS) is 15.1. The second kappa shape index (κ2) is 10.6. The Bertz CT molecular complexity index is 797. The maximum atomic E-state index is 12.7. The molecule has 3 rings (SSSR count). The summed E-state index contributed by atoms with van der Waals surface area (Å²) in [5.74, 6) is 1.41. The average Bonchev–Trinajstić information content (AvgIpc) is 2.78. The summed E-state index contributed by atoms with van der Waals surface area (Å²) >= 11 is 1.81. The van der Waals surface area contributed by atoms with Gasteiger partial charge in [0.05, 0.1) is 14.2 Å². The van der Waals surface area contributed by atoms with Crippen LogP contribution in [0.4, 0.5) is 0 Å². The minimum Gasteiger partial charge on any atom is -0.496 e. The minimum absolute atomic E-state index is 0.143. The molecule has 6 heteroatoms. The summed E-state index contributed by atoms with van der Waals surface area (Å²) in [7, 11) is 3.13. The number of amides is 1. The van der Waals surface area contributed by atoms with Crippen molar-refractivity contribution in [2.24, 2.45) is 5.92 Å². The van der Waals surface area contributed by atoms with Crippen molar-refractivity contribution in [3.8, 4) is 11.5 Å². The van der Waals surface area contributed by atoms with E-state index in [0.717, 1.165) is 32.5 Å². The molecule has 2 aromatic rings. The third kappa shape index (κ3) is 5.46. The molecule has 156 valence electrons. The van der Waals surface area contributed by atoms with Crippen molar-refractivity contribution >= 4 is 17.7 Å². The number of likely N-dealkylation sites (tertiary alicyclic amines) is 1. The molecule has 1 aliphatic rings. The molecule has 1 amide bonds. The van der Waals surface area contributed by atoms with Crippen LogP contribution >= 0.6 is 11.8 Å². The zero-order chi connectivity index (χ0) is 20.6. The van der Waals surface area contributed by atoms with Gasteiger partial charge in [-0.05, 0) is 61.9 Å². The molecular weight excluding hydrogens is 384 g/mol. The van der Waals surface area contributed by atoms with Crippen LogP contribution in [0, 0.1) is 5.92 Å². The van der Waals surface area contributed by atoms with Crippen molar-refractivity contribution in [2.75, 3.05) is 40.1 Å². The van der Waals surface area contributed by atoms with Gasteiger partial charge in [-0.15, -0.1) is 11.8 Å². The van der Waals surface area contributed by atoms with Crippen LogP contribution in [0.5, 0.6) is 11.5 Å². The zero-order valence-electron chi connectivity index (χ0n) is 17.4. The molecule has 0 aliphatic carbocycles. The van der Waals surface area contributed by atoms with Crippen LogP contribution < -0.4 is 14.8 Å². The molecule has 1 fully saturated rings. The Kier molecular flexibility index (Phi) is 7.83. The molecule has 0 saturated carbocycles. The lowest BCUT2D eigenvalue weighted by Gasteiger charge is -2.32. The highest BCUT2D eigenvalue weighted by molar-refractivity contribution is 7.98. The summed E-state index contributed by atoms with van der Waals surface area (Å²) in [6.45, 7) is 3.78. The van der Waals surface area contributed by atoms with Gasteiger partial charge in [-0.25, -0.2) is 0 Å². The predicted molar refractivity (Wildman–Crippen MR) is 118 cm³/mol. The number of carbonyl (C=O) groups is 1. The van der Waals surface area contributed by atoms with E-state index in [1.807, 2.05) is 6.07 Å². The van der Waals surface area contributed by atoms with Gasteiger partial charge in [0.25, 0.3) is 5.91 Å². The van der Waals surface area contributed by atoms with Crippen molar-refractivity contribution < 1.29 is 14.3 Å². The fourth-order valence-corrected chi connectivity index (χ4v) is 4.43. The molecule has 0 aromatic heterocycles. The van der Waals surface area contributed by atoms with Gasteiger partial charge in [0.15, 0.2) is 0 Å². The maximum Gasteiger partial charge on any atom is 0.258 e. The lowest BCUT2D eigenvalue weighted by atomic mass is 9.96. The smallest absolute Gasteiger partial charge is 0.258 e. The first kappa shape index (κ1) is 21.5. The van der Waals surface area contributed by atoms with E-state index in [0.29, 0.717) is 29.5 Å². The Labute approximate surface area is 177 Å². The topological polar surface area (TPSA) is 50.8 Å². The largest absolute Gasteiger partial charge is 0.496 e. The van der Waals surface area contributed by atoms with E-state index in [1.165, 1.54) is 10.5 Å². The van der Waals surface area contributed by atoms with Crippen LogP contribution in [0.1, 0.15) is 28.8 Å². The van der Waals surface area contributed by atoms with Crippen LogP contribution in [0.25, 0.3) is 0 Å². The second-order valence-corrected chi connectivity index (χ2v) is 8.13. The number of ether oxygens (including phenoxy) is 2. The molecule has 0 radical (unpaired) electrons. The third-order valence-electron chi connectivity index (χ3n) is 5.50. The van der Waals surface area contributed by atoms with Crippen molar-refractivity contribution in [1.82, 2.24) is 10.2 Å². The summed E-state index contributed by atoms with van der Waals surface area (Å²) in [5.41, 5.74) is 1.86. The van der Waals surface area contributed by atoms with Gasteiger partial charge in [0.1, 0.15) is 17.1 Å². The highest BCUT2D eigenvalue weighted by Gasteiger charge is 2.23. The number of nitrogens with zero attached hydrogens (tertiary/aromatic N) is 1. The number of benzene rings is 2. The van der Waals surface area contributed by atoms with Crippen LogP contribution in [-0.4, -0.2) is 50.9 Å². The van der Waals surface area contributed by atoms with E-state index in [4.69, 9.17) is 9.47 Å². The lowest BCUT2D eigenvalue weighted by molar-refractivity contribution is 0.0929. The summed E-state index contributed by atoms with van der Waals surface area (Å²) in [5, 5.41) is 3.08. The fourth-order valence-electron chi connectivity index (χ4n) is 3.82. The monoisotopic (exact) mass is 414 g/mol. The van der Waals surface area contributed by atoms with E-state index in [9.17, 15) is 4.79 Å². The number of piperidine rings is 1. The van der Waals surface area contributed by atoms with Gasteiger partial charge in [-0.3, -0.25) is 9.69 Å². The molecule has 1 heterocycles. The Morgan fingerprint density at radius 3 is 2.34 bits per heavy atom. The Balaban J connectivity index is 1.51. The Morgan fingerprint density at radius 2 is 1.72 bits per heavy atom. The molecule has 2 aromatic carbocycles. The molecule has 5 nitrogen and oxygen atoms in total. The third-order valence-corrected chi connectivity index (χ3v) is 6.34. The molecule has 0 bridgehead atoms. The standard InChI is InChI=1S/C23H30N2O3S/c1-27-19-8-6-9-20(28-2)22(19)23(26)24-15-17-11-13-25(14-12-17)16-18-7-4-5-10-21(18)29-3/h4-10,17H,11-16H2,1-3H3,(H,24,26). The van der Waals surface area contributed by atoms with E-state index in [-0.39, 0.29) is 5.91 Å². The highest BCUT2D eigenvalue weighted by atomic mass is 32.2. The van der Waals surface area contributed by atoms with Crippen molar-refractivity contribution in [3.63, 3.8) is 0 Å². The van der Waals surface area contributed by atoms with Gasteiger partial charge >= 0.3 is 0 Å². The minimum atomic E-state index is -0.143. The van der Waals surface area contributed by atoms with E-state index >= 15 is 0 Å². The number of nitrogens with one attached hydrogen (secondary N) is 1. The van der Waals surface area contributed by atoms with Gasteiger partial charge < -0.3 is 14.8 Å². The average molecular weight is 415 g/mol. The second-order valence-electron chi connectivity index (χ2n) is 7.28. The number of thioether (sulfide) groups is 1. The summed E-state index contributed by atoms with van der Waals surface area (Å²) in [6, 6.07) is 14.0. The number of hydrogen-bond acceptors (Lipinski definition) is 5. The molecule has 0 unspecified atom stereocenters. The molecular formula is C23H30N2O3S. The van der Waals surface area contributed by atoms with Gasteiger partial charge in [-0.1, -0.05) is 24.3 Å². The van der Waals surface area contributed by atoms with Crippen LogP contribution in [0.2, 0.25) is 0 Å². The van der Waals surface area contributed by atoms with Crippen LogP contribution in [0.3, 0.4) is 0 Å². The first-order valence-corrected chi connectivity index (χ1v) is 11.2. The number of hydrogen-bond donors (Lipinski definition) is 1. The summed E-state index contributed by atoms with van der Waals surface area (Å²) in [4.78, 5) is 16.6. The van der Waals surface area contributed by atoms with Crippen molar-refractivity contribution in [2.45, 2.75) is 24.3 Å². The number of carbonyl (C=O) groups excluding carboxylic acids is 1. The van der Waals surface area contributed by atoms with E-state index in [1.54, 1.807) is 38.1 Å². The Hall–Kier alpha value is -2.18. The molecule has 1 aliphatic heterocycles. The highest BCUT2D eigenvalue weighted by Crippen LogP contribution is 2.28. The van der Waals surface area contributed by atoms with E-state index in [2.05, 4.69) is 40.7 Å². The van der Waals surface area contributed by atoms with Gasteiger partial charge in [0, 0.05) is 18.0 Å². The quantitative estimate of drug-likeness (QED) is 0.660. The van der Waals surface area contributed by atoms with Crippen LogP contribution in [-0.2, 0) is 6.54 Å². The molecule has 29 heavy (non-hydrogen) atoms. The van der Waals surface area contributed by atoms with Gasteiger partial charge in [0.2, 0.25) is 0 Å². The van der Waals surface area contributed by atoms with Gasteiger partial charge in [-0.2, -0.15) is 0 Å². The van der Waals surface area contributed by atoms with Crippen molar-refractivity contribution in [3.05, 3.63) is 53.6 Å². The maximum absolute atomic E-state index is 12.7. The predicted octanol–water partition coefficient (Wildman–Crippen LogP) is 4.07. The van der Waals surface area contributed by atoms with E-state index < -0.39 is 0 Å². The number of rotatable bonds is 8. The first-order valence-electron chi connectivity index (χ1n) is 9.99. The Morgan fingerprint density at radius 1 is 1.07 bits per heavy atom. The molecule has 0 atom stereocenters. The number of methoxy groups -OCH3 is 2. The SMILES string of the molecule is COc1cccc(OC)c1C(=O)NCC1CCN(Cc2ccccc2SC)CC1. The zero-order valence-corrected chi connectivity index (χ0v) is 18.3. The molecule has 1 saturated heterocycles. The van der Waals surface area contributed by atoms with Crippen molar-refractivity contribution in [1.29, 1.82) is 0 Å².